The van der Waals surface area contributed by atoms with Crippen molar-refractivity contribution in [2.75, 3.05) is 6.54 Å². The van der Waals surface area contributed by atoms with Crippen molar-refractivity contribution >= 4 is 5.91 Å². The molecule has 1 heterocycles. The summed E-state index contributed by atoms with van der Waals surface area (Å²) in [6.45, 7) is 11.7. The van der Waals surface area contributed by atoms with Crippen LogP contribution in [-0.4, -0.2) is 17.4 Å². The smallest absolute Gasteiger partial charge is 0.223 e. The van der Waals surface area contributed by atoms with Crippen LogP contribution in [0, 0.1) is 11.3 Å². The van der Waals surface area contributed by atoms with Crippen molar-refractivity contribution in [3.8, 4) is 0 Å². The van der Waals surface area contributed by atoms with Gasteiger partial charge >= 0.3 is 0 Å². The first-order valence-corrected chi connectivity index (χ1v) is 10.7. The van der Waals surface area contributed by atoms with E-state index in [-0.39, 0.29) is 11.5 Å². The number of hydrogen-bond donors (Lipinski definition) is 0. The number of hydrogen-bond acceptors (Lipinski definition) is 1. The molecule has 2 heteroatoms. The fourth-order valence-electron chi connectivity index (χ4n) is 4.35. The van der Waals surface area contributed by atoms with E-state index in [4.69, 9.17) is 0 Å². The Kier molecular flexibility index (Phi) is 6.27. The number of benzene rings is 2. The highest BCUT2D eigenvalue weighted by Gasteiger charge is 2.34. The maximum absolute atomic E-state index is 13.0. The Labute approximate surface area is 171 Å². The molecule has 0 aliphatic carbocycles. The van der Waals surface area contributed by atoms with Gasteiger partial charge in [0.1, 0.15) is 0 Å². The molecule has 2 aromatic rings. The van der Waals surface area contributed by atoms with E-state index >= 15 is 0 Å². The summed E-state index contributed by atoms with van der Waals surface area (Å²) in [5.74, 6) is 0.711. The molecule has 0 saturated carbocycles. The molecule has 0 N–H and O–H groups in total. The quantitative estimate of drug-likeness (QED) is 0.627. The van der Waals surface area contributed by atoms with Crippen molar-refractivity contribution in [2.45, 2.75) is 66.3 Å². The Bertz CT molecular complexity index is 801. The predicted molar refractivity (Wildman–Crippen MR) is 117 cm³/mol. The average Bonchev–Trinajstić information content (AvgIpc) is 2.64. The molecule has 0 spiro atoms. The number of carbonyl (C=O) groups is 1. The number of fused-ring (bicyclic) bond motifs is 1. The van der Waals surface area contributed by atoms with Gasteiger partial charge in [-0.2, -0.15) is 0 Å². The SMILES string of the molecule is CC(C)C1c2ccc(CCc3ccccc3)cc2CCN1C(=O)CC(C)(C)C. The second-order valence-electron chi connectivity index (χ2n) is 9.78. The fourth-order valence-corrected chi connectivity index (χ4v) is 4.35. The molecule has 2 nitrogen and oxygen atoms in total. The number of amides is 1. The maximum Gasteiger partial charge on any atom is 0.223 e. The van der Waals surface area contributed by atoms with Crippen molar-refractivity contribution in [1.29, 1.82) is 0 Å². The van der Waals surface area contributed by atoms with Gasteiger partial charge in [0.05, 0.1) is 6.04 Å². The van der Waals surface area contributed by atoms with E-state index in [2.05, 4.69) is 88.0 Å². The van der Waals surface area contributed by atoms with Crippen LogP contribution in [-0.2, 0) is 24.1 Å². The standard InChI is InChI=1S/C26H35NO/c1-19(2)25-23-14-13-21(12-11-20-9-7-6-8-10-20)17-22(23)15-16-27(25)24(28)18-26(3,4)5/h6-10,13-14,17,19,25H,11-12,15-16,18H2,1-5H3. The summed E-state index contributed by atoms with van der Waals surface area (Å²) in [7, 11) is 0. The monoisotopic (exact) mass is 377 g/mol. The summed E-state index contributed by atoms with van der Waals surface area (Å²) in [5.41, 5.74) is 5.61. The second-order valence-corrected chi connectivity index (χ2v) is 9.78. The van der Waals surface area contributed by atoms with Crippen LogP contribution in [0.25, 0.3) is 0 Å². The largest absolute Gasteiger partial charge is 0.335 e. The Morgan fingerprint density at radius 2 is 1.71 bits per heavy atom. The van der Waals surface area contributed by atoms with Gasteiger partial charge in [0.15, 0.2) is 0 Å². The Balaban J connectivity index is 1.78. The van der Waals surface area contributed by atoms with Crippen LogP contribution in [0.2, 0.25) is 0 Å². The Morgan fingerprint density at radius 1 is 1.04 bits per heavy atom. The van der Waals surface area contributed by atoms with Gasteiger partial charge in [-0.25, -0.2) is 0 Å². The summed E-state index contributed by atoms with van der Waals surface area (Å²) in [5, 5.41) is 0. The number of rotatable bonds is 5. The molecule has 1 aliphatic heterocycles. The highest BCUT2D eigenvalue weighted by molar-refractivity contribution is 5.78. The third-order valence-electron chi connectivity index (χ3n) is 5.66. The minimum atomic E-state index is 0.0280. The molecule has 1 atom stereocenters. The zero-order valence-electron chi connectivity index (χ0n) is 18.2. The molecule has 150 valence electrons. The van der Waals surface area contributed by atoms with Gasteiger partial charge in [0.25, 0.3) is 0 Å². The van der Waals surface area contributed by atoms with Crippen molar-refractivity contribution in [3.63, 3.8) is 0 Å². The topological polar surface area (TPSA) is 20.3 Å². The van der Waals surface area contributed by atoms with Gasteiger partial charge in [0.2, 0.25) is 5.91 Å². The second kappa shape index (κ2) is 8.51. The van der Waals surface area contributed by atoms with Gasteiger partial charge in [-0.1, -0.05) is 83.1 Å². The first-order chi connectivity index (χ1) is 13.2. The van der Waals surface area contributed by atoms with E-state index in [1.165, 1.54) is 22.3 Å². The van der Waals surface area contributed by atoms with Crippen LogP contribution < -0.4 is 0 Å². The molecule has 28 heavy (non-hydrogen) atoms. The first-order valence-electron chi connectivity index (χ1n) is 10.7. The van der Waals surface area contributed by atoms with E-state index in [1.54, 1.807) is 0 Å². The zero-order valence-corrected chi connectivity index (χ0v) is 18.2. The number of aryl methyl sites for hydroxylation is 2. The molecule has 2 aromatic carbocycles. The van der Waals surface area contributed by atoms with Crippen molar-refractivity contribution < 1.29 is 4.79 Å². The van der Waals surface area contributed by atoms with Crippen LogP contribution in [0.1, 0.15) is 69.3 Å². The molecule has 1 aliphatic rings. The number of carbonyl (C=O) groups excluding carboxylic acids is 1. The maximum atomic E-state index is 13.0. The van der Waals surface area contributed by atoms with Gasteiger partial charge < -0.3 is 4.90 Å². The van der Waals surface area contributed by atoms with Crippen LogP contribution >= 0.6 is 0 Å². The minimum Gasteiger partial charge on any atom is -0.335 e. The third kappa shape index (κ3) is 5.04. The molecular weight excluding hydrogens is 342 g/mol. The molecule has 0 aromatic heterocycles. The van der Waals surface area contributed by atoms with Gasteiger partial charge in [-0.15, -0.1) is 0 Å². The third-order valence-corrected chi connectivity index (χ3v) is 5.66. The van der Waals surface area contributed by atoms with E-state index in [9.17, 15) is 4.79 Å². The van der Waals surface area contributed by atoms with Crippen LogP contribution in [0.15, 0.2) is 48.5 Å². The molecular formula is C26H35NO. The van der Waals surface area contributed by atoms with Crippen LogP contribution in [0.3, 0.4) is 0 Å². The first kappa shape index (κ1) is 20.6. The van der Waals surface area contributed by atoms with E-state index < -0.39 is 0 Å². The van der Waals surface area contributed by atoms with Gasteiger partial charge in [-0.3, -0.25) is 4.79 Å². The van der Waals surface area contributed by atoms with E-state index in [0.717, 1.165) is 25.8 Å². The minimum absolute atomic E-state index is 0.0280. The summed E-state index contributed by atoms with van der Waals surface area (Å²) in [4.78, 5) is 15.1. The summed E-state index contributed by atoms with van der Waals surface area (Å²) in [6, 6.07) is 17.8. The summed E-state index contributed by atoms with van der Waals surface area (Å²) >= 11 is 0. The zero-order chi connectivity index (χ0) is 20.3. The molecule has 1 unspecified atom stereocenters. The fraction of sp³-hybridized carbons (Fsp3) is 0.500. The molecule has 0 saturated heterocycles. The molecule has 3 rings (SSSR count). The predicted octanol–water partition coefficient (Wildman–Crippen LogP) is 5.99. The van der Waals surface area contributed by atoms with Gasteiger partial charge in [-0.05, 0) is 52.8 Å². The Hall–Kier alpha value is -2.09. The van der Waals surface area contributed by atoms with E-state index in [1.807, 2.05) is 0 Å². The molecule has 0 fully saturated rings. The Morgan fingerprint density at radius 3 is 2.36 bits per heavy atom. The van der Waals surface area contributed by atoms with Crippen LogP contribution in [0.4, 0.5) is 0 Å². The highest BCUT2D eigenvalue weighted by Crippen LogP contribution is 2.37. The lowest BCUT2D eigenvalue weighted by Crippen LogP contribution is -2.43. The molecule has 0 radical (unpaired) electrons. The lowest BCUT2D eigenvalue weighted by Gasteiger charge is -2.41. The van der Waals surface area contributed by atoms with Gasteiger partial charge in [0, 0.05) is 13.0 Å². The number of nitrogens with zero attached hydrogens (tertiary/aromatic N) is 1. The lowest BCUT2D eigenvalue weighted by atomic mass is 9.83. The van der Waals surface area contributed by atoms with Crippen molar-refractivity contribution in [1.82, 2.24) is 4.90 Å². The van der Waals surface area contributed by atoms with Crippen LogP contribution in [0.5, 0.6) is 0 Å². The van der Waals surface area contributed by atoms with Crippen molar-refractivity contribution in [2.24, 2.45) is 11.3 Å². The lowest BCUT2D eigenvalue weighted by molar-refractivity contribution is -0.137. The molecule has 1 amide bonds. The normalized spacial score (nSPS) is 16.9. The van der Waals surface area contributed by atoms with Crippen molar-refractivity contribution in [3.05, 3.63) is 70.8 Å². The van der Waals surface area contributed by atoms with E-state index in [0.29, 0.717) is 18.2 Å². The average molecular weight is 378 g/mol. The molecule has 0 bridgehead atoms. The summed E-state index contributed by atoms with van der Waals surface area (Å²) in [6.07, 6.45) is 3.72. The highest BCUT2D eigenvalue weighted by atomic mass is 16.2. The summed E-state index contributed by atoms with van der Waals surface area (Å²) < 4.78 is 0.